The van der Waals surface area contributed by atoms with E-state index >= 15 is 0 Å². The molecule has 0 amide bonds. The molecule has 0 saturated carbocycles. The number of aliphatic hydroxyl groups excluding tert-OH is 1. The number of nitrogens with zero attached hydrogens (tertiary/aromatic N) is 1. The second kappa shape index (κ2) is 8.55. The van der Waals surface area contributed by atoms with Crippen LogP contribution in [0.2, 0.25) is 0 Å². The number of benzene rings is 1. The Balaban J connectivity index is 2.68. The van der Waals surface area contributed by atoms with E-state index in [9.17, 15) is 9.90 Å². The lowest BCUT2D eigenvalue weighted by atomic mass is 10.1. The predicted octanol–water partition coefficient (Wildman–Crippen LogP) is 1.61. The standard InChI is InChI=1S/C15H23NO4/c1-4-8-16(11-15(18)20-3)10-14(17)12-6-5-7-13(9-12)19-2/h5-7,9,14,17H,4,8,10-11H2,1-3H3. The molecule has 0 bridgehead atoms. The molecule has 20 heavy (non-hydrogen) atoms. The number of ether oxygens (including phenoxy) is 2. The van der Waals surface area contributed by atoms with Crippen LogP contribution in [0.15, 0.2) is 24.3 Å². The van der Waals surface area contributed by atoms with Crippen LogP contribution < -0.4 is 4.74 Å². The van der Waals surface area contributed by atoms with Gasteiger partial charge < -0.3 is 14.6 Å². The van der Waals surface area contributed by atoms with Crippen LogP contribution >= 0.6 is 0 Å². The molecule has 0 radical (unpaired) electrons. The molecule has 1 N–H and O–H groups in total. The van der Waals surface area contributed by atoms with Crippen LogP contribution in [0.4, 0.5) is 0 Å². The van der Waals surface area contributed by atoms with E-state index in [-0.39, 0.29) is 12.5 Å². The quantitative estimate of drug-likeness (QED) is 0.734. The number of rotatable bonds is 8. The maximum atomic E-state index is 11.3. The number of carbonyl (C=O) groups is 1. The lowest BCUT2D eigenvalue weighted by molar-refractivity contribution is -0.142. The van der Waals surface area contributed by atoms with Crippen LogP contribution in [-0.4, -0.2) is 49.8 Å². The molecule has 1 rings (SSSR count). The van der Waals surface area contributed by atoms with Crippen LogP contribution in [0.5, 0.6) is 5.75 Å². The highest BCUT2D eigenvalue weighted by atomic mass is 16.5. The molecule has 0 aliphatic rings. The Bertz CT molecular complexity index is 422. The summed E-state index contributed by atoms with van der Waals surface area (Å²) in [7, 11) is 2.96. The van der Waals surface area contributed by atoms with E-state index in [1.54, 1.807) is 13.2 Å². The Morgan fingerprint density at radius 3 is 2.75 bits per heavy atom. The van der Waals surface area contributed by atoms with Gasteiger partial charge in [0.2, 0.25) is 0 Å². The van der Waals surface area contributed by atoms with Crippen molar-refractivity contribution in [2.75, 3.05) is 33.9 Å². The van der Waals surface area contributed by atoms with Gasteiger partial charge >= 0.3 is 5.97 Å². The van der Waals surface area contributed by atoms with Crippen LogP contribution in [-0.2, 0) is 9.53 Å². The molecule has 0 heterocycles. The summed E-state index contributed by atoms with van der Waals surface area (Å²) in [6, 6.07) is 7.30. The van der Waals surface area contributed by atoms with Gasteiger partial charge in [-0.2, -0.15) is 0 Å². The van der Waals surface area contributed by atoms with E-state index in [0.717, 1.165) is 18.5 Å². The second-order valence-corrected chi connectivity index (χ2v) is 4.60. The molecule has 0 saturated heterocycles. The predicted molar refractivity (Wildman–Crippen MR) is 76.7 cm³/mol. The van der Waals surface area contributed by atoms with Crippen molar-refractivity contribution < 1.29 is 19.4 Å². The first kappa shape index (κ1) is 16.5. The van der Waals surface area contributed by atoms with Gasteiger partial charge in [0.1, 0.15) is 5.75 Å². The van der Waals surface area contributed by atoms with E-state index in [1.165, 1.54) is 7.11 Å². The van der Waals surface area contributed by atoms with Gasteiger partial charge in [0, 0.05) is 6.54 Å². The molecule has 1 unspecified atom stereocenters. The molecule has 5 heteroatoms. The van der Waals surface area contributed by atoms with Crippen molar-refractivity contribution in [3.05, 3.63) is 29.8 Å². The molecular formula is C15H23NO4. The number of aliphatic hydroxyl groups is 1. The summed E-state index contributed by atoms with van der Waals surface area (Å²) >= 11 is 0. The molecule has 0 aliphatic carbocycles. The highest BCUT2D eigenvalue weighted by molar-refractivity contribution is 5.71. The average Bonchev–Trinajstić information content (AvgIpc) is 2.47. The van der Waals surface area contributed by atoms with Gasteiger partial charge in [-0.15, -0.1) is 0 Å². The first-order valence-electron chi connectivity index (χ1n) is 6.71. The number of hydrogen-bond donors (Lipinski definition) is 1. The summed E-state index contributed by atoms with van der Waals surface area (Å²) in [6.07, 6.45) is 0.239. The normalized spacial score (nSPS) is 12.2. The highest BCUT2D eigenvalue weighted by Gasteiger charge is 2.16. The van der Waals surface area contributed by atoms with Crippen molar-refractivity contribution in [3.8, 4) is 5.75 Å². The van der Waals surface area contributed by atoms with Gasteiger partial charge in [-0.25, -0.2) is 0 Å². The third-order valence-electron chi connectivity index (χ3n) is 3.03. The van der Waals surface area contributed by atoms with Gasteiger partial charge in [-0.05, 0) is 30.7 Å². The smallest absolute Gasteiger partial charge is 0.319 e. The fourth-order valence-electron chi connectivity index (χ4n) is 2.00. The summed E-state index contributed by atoms with van der Waals surface area (Å²) in [5.74, 6) is 0.410. The Kier molecular flexibility index (Phi) is 7.04. The minimum atomic E-state index is -0.665. The summed E-state index contributed by atoms with van der Waals surface area (Å²) in [6.45, 7) is 3.33. The summed E-state index contributed by atoms with van der Waals surface area (Å²) in [4.78, 5) is 13.2. The zero-order valence-corrected chi connectivity index (χ0v) is 12.3. The fourth-order valence-corrected chi connectivity index (χ4v) is 2.00. The van der Waals surface area contributed by atoms with Gasteiger partial charge in [0.05, 0.1) is 26.9 Å². The molecular weight excluding hydrogens is 258 g/mol. The van der Waals surface area contributed by atoms with Crippen molar-refractivity contribution in [3.63, 3.8) is 0 Å². The third kappa shape index (κ3) is 5.19. The maximum Gasteiger partial charge on any atom is 0.319 e. The number of hydrogen-bond acceptors (Lipinski definition) is 5. The van der Waals surface area contributed by atoms with Crippen LogP contribution in [0.25, 0.3) is 0 Å². The molecule has 0 aromatic heterocycles. The Labute approximate surface area is 120 Å². The Morgan fingerprint density at radius 1 is 1.40 bits per heavy atom. The third-order valence-corrected chi connectivity index (χ3v) is 3.03. The molecule has 1 atom stereocenters. The van der Waals surface area contributed by atoms with Crippen molar-refractivity contribution >= 4 is 5.97 Å². The van der Waals surface area contributed by atoms with E-state index in [1.807, 2.05) is 30.0 Å². The number of esters is 1. The van der Waals surface area contributed by atoms with Crippen LogP contribution in [0, 0.1) is 0 Å². The monoisotopic (exact) mass is 281 g/mol. The first-order valence-corrected chi connectivity index (χ1v) is 6.71. The Hall–Kier alpha value is -1.59. The van der Waals surface area contributed by atoms with E-state index in [2.05, 4.69) is 4.74 Å². The number of methoxy groups -OCH3 is 2. The van der Waals surface area contributed by atoms with Crippen molar-refractivity contribution in [1.29, 1.82) is 0 Å². The largest absolute Gasteiger partial charge is 0.497 e. The first-order chi connectivity index (χ1) is 9.60. The molecule has 112 valence electrons. The summed E-state index contributed by atoms with van der Waals surface area (Å²) in [5, 5.41) is 10.3. The minimum absolute atomic E-state index is 0.186. The molecule has 0 fully saturated rings. The zero-order valence-electron chi connectivity index (χ0n) is 12.3. The SMILES string of the molecule is CCCN(CC(=O)OC)CC(O)c1cccc(OC)c1. The molecule has 0 aliphatic heterocycles. The highest BCUT2D eigenvalue weighted by Crippen LogP contribution is 2.20. The molecule has 1 aromatic rings. The second-order valence-electron chi connectivity index (χ2n) is 4.60. The topological polar surface area (TPSA) is 59.0 Å². The number of carbonyl (C=O) groups excluding carboxylic acids is 1. The Morgan fingerprint density at radius 2 is 2.15 bits per heavy atom. The van der Waals surface area contributed by atoms with Gasteiger partial charge in [0.25, 0.3) is 0 Å². The zero-order chi connectivity index (χ0) is 15.0. The van der Waals surface area contributed by atoms with E-state index in [4.69, 9.17) is 4.74 Å². The lowest BCUT2D eigenvalue weighted by Gasteiger charge is -2.23. The minimum Gasteiger partial charge on any atom is -0.497 e. The van der Waals surface area contributed by atoms with Crippen molar-refractivity contribution in [1.82, 2.24) is 4.90 Å². The lowest BCUT2D eigenvalue weighted by Crippen LogP contribution is -2.34. The van der Waals surface area contributed by atoms with Gasteiger partial charge in [-0.3, -0.25) is 9.69 Å². The van der Waals surface area contributed by atoms with E-state index < -0.39 is 6.10 Å². The van der Waals surface area contributed by atoms with Gasteiger partial charge in [-0.1, -0.05) is 19.1 Å². The summed E-state index contributed by atoms with van der Waals surface area (Å²) < 4.78 is 9.81. The summed E-state index contributed by atoms with van der Waals surface area (Å²) in [5.41, 5.74) is 0.773. The average molecular weight is 281 g/mol. The fraction of sp³-hybridized carbons (Fsp3) is 0.533. The maximum absolute atomic E-state index is 11.3. The van der Waals surface area contributed by atoms with E-state index in [0.29, 0.717) is 12.3 Å². The van der Waals surface area contributed by atoms with Crippen molar-refractivity contribution in [2.45, 2.75) is 19.4 Å². The van der Waals surface area contributed by atoms with Crippen LogP contribution in [0.1, 0.15) is 25.0 Å². The van der Waals surface area contributed by atoms with Crippen molar-refractivity contribution in [2.24, 2.45) is 0 Å². The molecule has 1 aromatic carbocycles. The molecule has 0 spiro atoms. The van der Waals surface area contributed by atoms with Gasteiger partial charge in [0.15, 0.2) is 0 Å². The van der Waals surface area contributed by atoms with Crippen LogP contribution in [0.3, 0.4) is 0 Å². The molecule has 5 nitrogen and oxygen atoms in total.